The molecule has 0 radical (unpaired) electrons. The molecule has 0 aliphatic rings. The lowest BCUT2D eigenvalue weighted by Crippen LogP contribution is -2.17. The van der Waals surface area contributed by atoms with Gasteiger partial charge in [-0.1, -0.05) is 24.3 Å². The molecular formula is C22H20N2O4. The summed E-state index contributed by atoms with van der Waals surface area (Å²) in [6.07, 6.45) is 0. The van der Waals surface area contributed by atoms with Gasteiger partial charge in [0.1, 0.15) is 18.1 Å². The number of hydrogen-bond donors (Lipinski definition) is 2. The SMILES string of the molecule is COCC(=O)Nc1ccc(NC(=O)c2cccc(Oc3ccccc3)c2)cc1. The number of ether oxygens (including phenoxy) is 2. The number of amides is 2. The van der Waals surface area contributed by atoms with Crippen molar-refractivity contribution in [3.05, 3.63) is 84.4 Å². The van der Waals surface area contributed by atoms with E-state index < -0.39 is 0 Å². The molecular weight excluding hydrogens is 356 g/mol. The first-order valence-electron chi connectivity index (χ1n) is 8.67. The van der Waals surface area contributed by atoms with Crippen LogP contribution in [0.5, 0.6) is 11.5 Å². The van der Waals surface area contributed by atoms with Crippen LogP contribution in [0.2, 0.25) is 0 Å². The van der Waals surface area contributed by atoms with E-state index in [1.165, 1.54) is 7.11 Å². The summed E-state index contributed by atoms with van der Waals surface area (Å²) >= 11 is 0. The molecule has 0 heterocycles. The number of para-hydroxylation sites is 1. The summed E-state index contributed by atoms with van der Waals surface area (Å²) in [6.45, 7) is -0.0140. The number of benzene rings is 3. The third-order valence-corrected chi connectivity index (χ3v) is 3.78. The van der Waals surface area contributed by atoms with Crippen molar-refractivity contribution in [2.75, 3.05) is 24.4 Å². The molecule has 3 rings (SSSR count). The second-order valence-electron chi connectivity index (χ2n) is 5.96. The van der Waals surface area contributed by atoms with Crippen LogP contribution in [0.25, 0.3) is 0 Å². The first kappa shape index (κ1) is 19.1. The Morgan fingerprint density at radius 3 is 2.11 bits per heavy atom. The maximum atomic E-state index is 12.5. The molecule has 3 aromatic carbocycles. The van der Waals surface area contributed by atoms with Gasteiger partial charge in [0.25, 0.3) is 5.91 Å². The third kappa shape index (κ3) is 5.43. The fraction of sp³-hybridized carbons (Fsp3) is 0.0909. The predicted octanol–water partition coefficient (Wildman–Crippen LogP) is 4.32. The molecule has 6 heteroatoms. The number of methoxy groups -OCH3 is 1. The molecule has 0 saturated carbocycles. The van der Waals surface area contributed by atoms with Gasteiger partial charge in [0.15, 0.2) is 0 Å². The summed E-state index contributed by atoms with van der Waals surface area (Å²) in [4.78, 5) is 24.0. The van der Waals surface area contributed by atoms with E-state index in [2.05, 4.69) is 10.6 Å². The molecule has 3 aromatic rings. The third-order valence-electron chi connectivity index (χ3n) is 3.78. The highest BCUT2D eigenvalue weighted by Crippen LogP contribution is 2.22. The van der Waals surface area contributed by atoms with Crippen molar-refractivity contribution in [1.82, 2.24) is 0 Å². The lowest BCUT2D eigenvalue weighted by Gasteiger charge is -2.09. The first-order valence-corrected chi connectivity index (χ1v) is 8.67. The van der Waals surface area contributed by atoms with E-state index in [-0.39, 0.29) is 18.4 Å². The Morgan fingerprint density at radius 1 is 0.786 bits per heavy atom. The number of carbonyl (C=O) groups is 2. The zero-order valence-electron chi connectivity index (χ0n) is 15.3. The standard InChI is InChI=1S/C22H20N2O4/c1-27-15-21(25)23-17-10-12-18(13-11-17)24-22(26)16-6-5-9-20(14-16)28-19-7-3-2-4-8-19/h2-14H,15H2,1H3,(H,23,25)(H,24,26). The minimum Gasteiger partial charge on any atom is -0.457 e. The van der Waals surface area contributed by atoms with Gasteiger partial charge >= 0.3 is 0 Å². The Balaban J connectivity index is 1.63. The normalized spacial score (nSPS) is 10.2. The lowest BCUT2D eigenvalue weighted by molar-refractivity contribution is -0.119. The molecule has 0 atom stereocenters. The topological polar surface area (TPSA) is 76.7 Å². The number of hydrogen-bond acceptors (Lipinski definition) is 4. The molecule has 2 amide bonds. The number of rotatable bonds is 7. The smallest absolute Gasteiger partial charge is 0.255 e. The van der Waals surface area contributed by atoms with E-state index in [1.54, 1.807) is 48.5 Å². The highest BCUT2D eigenvalue weighted by Gasteiger charge is 2.08. The molecule has 6 nitrogen and oxygen atoms in total. The Kier molecular flexibility index (Phi) is 6.38. The minimum absolute atomic E-state index is 0.0140. The zero-order chi connectivity index (χ0) is 19.8. The molecule has 0 spiro atoms. The molecule has 28 heavy (non-hydrogen) atoms. The second-order valence-corrected chi connectivity index (χ2v) is 5.96. The predicted molar refractivity (Wildman–Crippen MR) is 108 cm³/mol. The average Bonchev–Trinajstić information content (AvgIpc) is 2.70. The molecule has 142 valence electrons. The van der Waals surface area contributed by atoms with E-state index in [1.807, 2.05) is 30.3 Å². The van der Waals surface area contributed by atoms with Gasteiger partial charge in [-0.05, 0) is 54.6 Å². The number of carbonyl (C=O) groups excluding carboxylic acids is 2. The van der Waals surface area contributed by atoms with Crippen LogP contribution in [0.4, 0.5) is 11.4 Å². The summed E-state index contributed by atoms with van der Waals surface area (Å²) in [5.74, 6) is 0.783. The Labute approximate surface area is 163 Å². The zero-order valence-corrected chi connectivity index (χ0v) is 15.3. The first-order chi connectivity index (χ1) is 13.6. The summed E-state index contributed by atoms with van der Waals surface area (Å²) in [5.41, 5.74) is 1.72. The van der Waals surface area contributed by atoms with Crippen molar-refractivity contribution >= 4 is 23.2 Å². The van der Waals surface area contributed by atoms with Crippen LogP contribution in [0, 0.1) is 0 Å². The van der Waals surface area contributed by atoms with Crippen LogP contribution < -0.4 is 15.4 Å². The van der Waals surface area contributed by atoms with Gasteiger partial charge in [0, 0.05) is 24.0 Å². The summed E-state index contributed by atoms with van der Waals surface area (Å²) in [6, 6.07) is 23.2. The molecule has 0 aliphatic carbocycles. The fourth-order valence-corrected chi connectivity index (χ4v) is 2.49. The van der Waals surface area contributed by atoms with Gasteiger partial charge in [0.05, 0.1) is 0 Å². The summed E-state index contributed by atoms with van der Waals surface area (Å²) in [5, 5.41) is 5.52. The Morgan fingerprint density at radius 2 is 1.43 bits per heavy atom. The second kappa shape index (κ2) is 9.34. The van der Waals surface area contributed by atoms with E-state index >= 15 is 0 Å². The molecule has 2 N–H and O–H groups in total. The summed E-state index contributed by atoms with van der Waals surface area (Å²) < 4.78 is 10.5. The van der Waals surface area contributed by atoms with E-state index in [4.69, 9.17) is 9.47 Å². The van der Waals surface area contributed by atoms with Crippen molar-refractivity contribution in [3.8, 4) is 11.5 Å². The van der Waals surface area contributed by atoms with Gasteiger partial charge in [-0.15, -0.1) is 0 Å². The Bertz CT molecular complexity index is 940. The number of anilines is 2. The molecule has 0 aromatic heterocycles. The van der Waals surface area contributed by atoms with Crippen LogP contribution in [0.1, 0.15) is 10.4 Å². The molecule has 0 bridgehead atoms. The monoisotopic (exact) mass is 376 g/mol. The van der Waals surface area contributed by atoms with Gasteiger partial charge < -0.3 is 20.1 Å². The average molecular weight is 376 g/mol. The highest BCUT2D eigenvalue weighted by atomic mass is 16.5. The maximum Gasteiger partial charge on any atom is 0.255 e. The summed E-state index contributed by atoms with van der Waals surface area (Å²) in [7, 11) is 1.46. The van der Waals surface area contributed by atoms with Gasteiger partial charge in [0.2, 0.25) is 5.91 Å². The van der Waals surface area contributed by atoms with Crippen molar-refractivity contribution in [3.63, 3.8) is 0 Å². The van der Waals surface area contributed by atoms with E-state index in [0.29, 0.717) is 28.4 Å². The van der Waals surface area contributed by atoms with Gasteiger partial charge in [-0.2, -0.15) is 0 Å². The van der Waals surface area contributed by atoms with Crippen LogP contribution in [-0.4, -0.2) is 25.5 Å². The quantitative estimate of drug-likeness (QED) is 0.644. The van der Waals surface area contributed by atoms with Crippen LogP contribution in [-0.2, 0) is 9.53 Å². The van der Waals surface area contributed by atoms with Crippen molar-refractivity contribution < 1.29 is 19.1 Å². The molecule has 0 unspecified atom stereocenters. The van der Waals surface area contributed by atoms with Crippen molar-refractivity contribution in [2.24, 2.45) is 0 Å². The number of nitrogens with one attached hydrogen (secondary N) is 2. The maximum absolute atomic E-state index is 12.5. The van der Waals surface area contributed by atoms with Crippen LogP contribution in [0.3, 0.4) is 0 Å². The molecule has 0 fully saturated rings. The largest absolute Gasteiger partial charge is 0.457 e. The van der Waals surface area contributed by atoms with Gasteiger partial charge in [-0.3, -0.25) is 9.59 Å². The Hall–Kier alpha value is -3.64. The fourth-order valence-electron chi connectivity index (χ4n) is 2.49. The van der Waals surface area contributed by atoms with E-state index in [9.17, 15) is 9.59 Å². The molecule has 0 aliphatic heterocycles. The van der Waals surface area contributed by atoms with E-state index in [0.717, 1.165) is 0 Å². The van der Waals surface area contributed by atoms with Crippen molar-refractivity contribution in [2.45, 2.75) is 0 Å². The van der Waals surface area contributed by atoms with Crippen LogP contribution >= 0.6 is 0 Å². The van der Waals surface area contributed by atoms with Gasteiger partial charge in [-0.25, -0.2) is 0 Å². The lowest BCUT2D eigenvalue weighted by atomic mass is 10.2. The minimum atomic E-state index is -0.255. The van der Waals surface area contributed by atoms with Crippen molar-refractivity contribution in [1.29, 1.82) is 0 Å². The molecule has 0 saturated heterocycles. The highest BCUT2D eigenvalue weighted by molar-refractivity contribution is 6.04. The van der Waals surface area contributed by atoms with Crippen LogP contribution in [0.15, 0.2) is 78.9 Å².